The molecule has 0 aromatic heterocycles. The van der Waals surface area contributed by atoms with Crippen LogP contribution in [-0.2, 0) is 17.5 Å². The van der Waals surface area contributed by atoms with Crippen LogP contribution in [0.2, 0.25) is 0 Å². The van der Waals surface area contributed by atoms with Gasteiger partial charge < -0.3 is 10.1 Å². The lowest BCUT2D eigenvalue weighted by Crippen LogP contribution is -2.28. The van der Waals surface area contributed by atoms with Crippen molar-refractivity contribution in [3.63, 3.8) is 0 Å². The number of carbonyl (C=O) groups is 1. The maximum atomic E-state index is 12.9. The molecule has 0 unspecified atom stereocenters. The lowest BCUT2D eigenvalue weighted by Gasteiger charge is -2.11. The van der Waals surface area contributed by atoms with Crippen LogP contribution in [0.15, 0.2) is 46.9 Å². The SMILES string of the molecule is O=C(COc1ccc(F)cc1Br)NCc1cccc(C(F)(F)F)c1. The summed E-state index contributed by atoms with van der Waals surface area (Å²) in [5, 5.41) is 2.46. The van der Waals surface area contributed by atoms with Gasteiger partial charge in [-0.2, -0.15) is 13.2 Å². The van der Waals surface area contributed by atoms with E-state index >= 15 is 0 Å². The number of ether oxygens (including phenoxy) is 1. The van der Waals surface area contributed by atoms with Gasteiger partial charge in [0.25, 0.3) is 5.91 Å². The third-order valence-electron chi connectivity index (χ3n) is 3.00. The summed E-state index contributed by atoms with van der Waals surface area (Å²) in [6.07, 6.45) is -4.43. The fraction of sp³-hybridized carbons (Fsp3) is 0.188. The first-order valence-corrected chi connectivity index (χ1v) is 7.55. The Morgan fingerprint density at radius 1 is 1.17 bits per heavy atom. The molecule has 0 fully saturated rings. The minimum absolute atomic E-state index is 0.0588. The van der Waals surface area contributed by atoms with Gasteiger partial charge in [0.2, 0.25) is 0 Å². The zero-order valence-electron chi connectivity index (χ0n) is 12.2. The average Bonchev–Trinajstić information content (AvgIpc) is 2.51. The van der Waals surface area contributed by atoms with E-state index in [-0.39, 0.29) is 18.9 Å². The van der Waals surface area contributed by atoms with Crippen LogP contribution >= 0.6 is 15.9 Å². The summed E-state index contributed by atoms with van der Waals surface area (Å²) in [4.78, 5) is 11.7. The predicted molar refractivity (Wildman–Crippen MR) is 82.9 cm³/mol. The van der Waals surface area contributed by atoms with Crippen LogP contribution in [0.4, 0.5) is 17.6 Å². The molecular weight excluding hydrogens is 394 g/mol. The number of alkyl halides is 3. The van der Waals surface area contributed by atoms with Gasteiger partial charge in [-0.05, 0) is 51.8 Å². The van der Waals surface area contributed by atoms with Crippen LogP contribution in [0.25, 0.3) is 0 Å². The summed E-state index contributed by atoms with van der Waals surface area (Å²) < 4.78 is 56.3. The van der Waals surface area contributed by atoms with Gasteiger partial charge in [-0.25, -0.2) is 4.39 Å². The van der Waals surface area contributed by atoms with Gasteiger partial charge in [-0.1, -0.05) is 12.1 Å². The quantitative estimate of drug-likeness (QED) is 0.753. The molecule has 0 radical (unpaired) electrons. The van der Waals surface area contributed by atoms with E-state index in [4.69, 9.17) is 4.74 Å². The molecule has 3 nitrogen and oxygen atoms in total. The van der Waals surface area contributed by atoms with Crippen molar-refractivity contribution < 1.29 is 27.1 Å². The Hall–Kier alpha value is -2.09. The minimum atomic E-state index is -4.43. The van der Waals surface area contributed by atoms with Crippen molar-refractivity contribution >= 4 is 21.8 Å². The van der Waals surface area contributed by atoms with Crippen molar-refractivity contribution in [2.24, 2.45) is 0 Å². The number of hydrogen-bond donors (Lipinski definition) is 1. The Labute approximate surface area is 143 Å². The molecule has 0 heterocycles. The lowest BCUT2D eigenvalue weighted by atomic mass is 10.1. The molecular formula is C16H12BrF4NO2. The van der Waals surface area contributed by atoms with E-state index in [1.54, 1.807) is 0 Å². The maximum Gasteiger partial charge on any atom is 0.416 e. The van der Waals surface area contributed by atoms with Crippen molar-refractivity contribution in [2.45, 2.75) is 12.7 Å². The highest BCUT2D eigenvalue weighted by Crippen LogP contribution is 2.29. The van der Waals surface area contributed by atoms with E-state index in [2.05, 4.69) is 21.2 Å². The van der Waals surface area contributed by atoms with Crippen molar-refractivity contribution in [3.05, 3.63) is 63.9 Å². The van der Waals surface area contributed by atoms with Crippen LogP contribution in [0.1, 0.15) is 11.1 Å². The molecule has 2 aromatic carbocycles. The van der Waals surface area contributed by atoms with Crippen LogP contribution in [0.5, 0.6) is 5.75 Å². The molecule has 1 amide bonds. The van der Waals surface area contributed by atoms with Crippen molar-refractivity contribution in [2.75, 3.05) is 6.61 Å². The summed E-state index contributed by atoms with van der Waals surface area (Å²) >= 11 is 3.10. The second-order valence-corrected chi connectivity index (χ2v) is 5.69. The van der Waals surface area contributed by atoms with E-state index in [1.807, 2.05) is 0 Å². The van der Waals surface area contributed by atoms with E-state index in [9.17, 15) is 22.4 Å². The Morgan fingerprint density at radius 2 is 1.92 bits per heavy atom. The Kier molecular flexibility index (Phi) is 5.82. The minimum Gasteiger partial charge on any atom is -0.483 e. The lowest BCUT2D eigenvalue weighted by molar-refractivity contribution is -0.137. The number of benzene rings is 2. The van der Waals surface area contributed by atoms with Crippen LogP contribution in [0, 0.1) is 5.82 Å². The van der Waals surface area contributed by atoms with Gasteiger partial charge in [-0.3, -0.25) is 4.79 Å². The molecule has 0 atom stereocenters. The zero-order chi connectivity index (χ0) is 17.7. The molecule has 0 spiro atoms. The second-order valence-electron chi connectivity index (χ2n) is 4.84. The van der Waals surface area contributed by atoms with Gasteiger partial charge in [0.05, 0.1) is 10.0 Å². The summed E-state index contributed by atoms with van der Waals surface area (Å²) in [6, 6.07) is 8.41. The number of nitrogens with one attached hydrogen (secondary N) is 1. The average molecular weight is 406 g/mol. The highest BCUT2D eigenvalue weighted by molar-refractivity contribution is 9.10. The fourth-order valence-electron chi connectivity index (χ4n) is 1.84. The molecule has 24 heavy (non-hydrogen) atoms. The number of halogens is 5. The van der Waals surface area contributed by atoms with Crippen molar-refractivity contribution in [1.82, 2.24) is 5.32 Å². The zero-order valence-corrected chi connectivity index (χ0v) is 13.7. The molecule has 0 aliphatic heterocycles. The maximum absolute atomic E-state index is 12.9. The topological polar surface area (TPSA) is 38.3 Å². The Balaban J connectivity index is 1.87. The number of rotatable bonds is 5. The molecule has 0 aliphatic carbocycles. The van der Waals surface area contributed by atoms with E-state index < -0.39 is 23.5 Å². The highest BCUT2D eigenvalue weighted by atomic mass is 79.9. The first kappa shape index (κ1) is 18.3. The molecule has 1 N–H and O–H groups in total. The molecule has 128 valence electrons. The standard InChI is InChI=1S/C16H12BrF4NO2/c17-13-7-12(18)4-5-14(13)24-9-15(23)22-8-10-2-1-3-11(6-10)16(19,20)21/h1-7H,8-9H2,(H,22,23). The van der Waals surface area contributed by atoms with Crippen molar-refractivity contribution in [3.8, 4) is 5.75 Å². The monoisotopic (exact) mass is 405 g/mol. The van der Waals surface area contributed by atoms with E-state index in [0.29, 0.717) is 10.0 Å². The van der Waals surface area contributed by atoms with E-state index in [1.165, 1.54) is 30.3 Å². The van der Waals surface area contributed by atoms with E-state index in [0.717, 1.165) is 12.1 Å². The summed E-state index contributed by atoms with van der Waals surface area (Å²) in [5.41, 5.74) is -0.457. The molecule has 0 bridgehead atoms. The third-order valence-corrected chi connectivity index (χ3v) is 3.62. The van der Waals surface area contributed by atoms with Gasteiger partial charge in [0.1, 0.15) is 11.6 Å². The van der Waals surface area contributed by atoms with Crippen LogP contribution in [-0.4, -0.2) is 12.5 Å². The first-order valence-electron chi connectivity index (χ1n) is 6.76. The van der Waals surface area contributed by atoms with Crippen molar-refractivity contribution in [1.29, 1.82) is 0 Å². The van der Waals surface area contributed by atoms with Gasteiger partial charge in [0.15, 0.2) is 6.61 Å². The Bertz CT molecular complexity index is 734. The smallest absolute Gasteiger partial charge is 0.416 e. The van der Waals surface area contributed by atoms with Gasteiger partial charge in [-0.15, -0.1) is 0 Å². The second kappa shape index (κ2) is 7.65. The highest BCUT2D eigenvalue weighted by Gasteiger charge is 2.30. The third kappa shape index (κ3) is 5.23. The fourth-order valence-corrected chi connectivity index (χ4v) is 2.31. The molecule has 2 rings (SSSR count). The molecule has 0 aliphatic rings. The Morgan fingerprint density at radius 3 is 2.58 bits per heavy atom. The molecule has 2 aromatic rings. The normalized spacial score (nSPS) is 11.2. The number of amides is 1. The summed E-state index contributed by atoms with van der Waals surface area (Å²) in [7, 11) is 0. The summed E-state index contributed by atoms with van der Waals surface area (Å²) in [5.74, 6) is -0.683. The predicted octanol–water partition coefficient (Wildman–Crippen LogP) is 4.30. The number of hydrogen-bond acceptors (Lipinski definition) is 2. The van der Waals surface area contributed by atoms with Crippen LogP contribution in [0.3, 0.4) is 0 Å². The first-order chi connectivity index (χ1) is 11.3. The molecule has 0 saturated carbocycles. The summed E-state index contributed by atoms with van der Waals surface area (Å²) in [6.45, 7) is -0.403. The van der Waals surface area contributed by atoms with Gasteiger partial charge >= 0.3 is 6.18 Å². The largest absolute Gasteiger partial charge is 0.483 e. The molecule has 8 heteroatoms. The van der Waals surface area contributed by atoms with Gasteiger partial charge in [0, 0.05) is 6.54 Å². The number of carbonyl (C=O) groups excluding carboxylic acids is 1. The van der Waals surface area contributed by atoms with Crippen LogP contribution < -0.4 is 10.1 Å². The molecule has 0 saturated heterocycles.